The van der Waals surface area contributed by atoms with Crippen molar-refractivity contribution in [1.82, 2.24) is 14.8 Å². The molecule has 2 aromatic heterocycles. The van der Waals surface area contributed by atoms with Gasteiger partial charge in [-0.2, -0.15) is 10.4 Å². The number of nitrogens with two attached hydrogens (primary N) is 2. The van der Waals surface area contributed by atoms with Crippen LogP contribution in [0.2, 0.25) is 0 Å². The Morgan fingerprint density at radius 1 is 1.09 bits per heavy atom. The second-order valence-corrected chi connectivity index (χ2v) is 7.58. The van der Waals surface area contributed by atoms with Crippen LogP contribution in [0, 0.1) is 31.0 Å². The van der Waals surface area contributed by atoms with Crippen molar-refractivity contribution in [3.05, 3.63) is 82.1 Å². The normalized spacial score (nSPS) is 10.8. The maximum atomic E-state index is 14.5. The number of carbonyl (C=O) groups excluding carboxylic acids is 2. The summed E-state index contributed by atoms with van der Waals surface area (Å²) >= 11 is 0. The fraction of sp³-hybridized carbons (Fsp3) is 0.125. The molecule has 164 valence electrons. The lowest BCUT2D eigenvalue weighted by atomic mass is 9.92. The third-order valence-corrected chi connectivity index (χ3v) is 5.51. The van der Waals surface area contributed by atoms with Gasteiger partial charge >= 0.3 is 0 Å². The Morgan fingerprint density at radius 2 is 1.82 bits per heavy atom. The minimum atomic E-state index is -0.817. The second-order valence-electron chi connectivity index (χ2n) is 7.58. The zero-order chi connectivity index (χ0) is 23.9. The number of hydrogen-bond acceptors (Lipinski definition) is 5. The van der Waals surface area contributed by atoms with Crippen molar-refractivity contribution in [2.75, 3.05) is 0 Å². The molecule has 4 aromatic rings. The first-order chi connectivity index (χ1) is 15.7. The molecule has 0 atom stereocenters. The SMILES string of the molecule is Cc1nn(Cc2ccc(C#N)cc2F)c(C)c1-c1c(C(N)=O)nc2ccccc2c1C(N)=O. The van der Waals surface area contributed by atoms with Crippen molar-refractivity contribution in [2.45, 2.75) is 20.4 Å². The maximum absolute atomic E-state index is 14.5. The number of carbonyl (C=O) groups is 2. The van der Waals surface area contributed by atoms with Crippen molar-refractivity contribution >= 4 is 22.7 Å². The molecule has 0 radical (unpaired) electrons. The summed E-state index contributed by atoms with van der Waals surface area (Å²) in [5.41, 5.74) is 14.1. The van der Waals surface area contributed by atoms with Gasteiger partial charge in [-0.1, -0.05) is 24.3 Å². The van der Waals surface area contributed by atoms with Gasteiger partial charge in [0.1, 0.15) is 11.5 Å². The van der Waals surface area contributed by atoms with Gasteiger partial charge in [0.05, 0.1) is 35.0 Å². The first-order valence-corrected chi connectivity index (χ1v) is 9.98. The van der Waals surface area contributed by atoms with E-state index < -0.39 is 17.6 Å². The van der Waals surface area contributed by atoms with Gasteiger partial charge in [0.25, 0.3) is 5.91 Å². The number of fused-ring (bicyclic) bond motifs is 1. The van der Waals surface area contributed by atoms with E-state index in [4.69, 9.17) is 16.7 Å². The predicted octanol–water partition coefficient (Wildman–Crippen LogP) is 2.97. The summed E-state index contributed by atoms with van der Waals surface area (Å²) in [7, 11) is 0. The van der Waals surface area contributed by atoms with E-state index in [1.54, 1.807) is 42.8 Å². The highest BCUT2D eigenvalue weighted by atomic mass is 19.1. The molecule has 2 aromatic carbocycles. The number of para-hydroxylation sites is 1. The van der Waals surface area contributed by atoms with E-state index in [0.29, 0.717) is 33.4 Å². The van der Waals surface area contributed by atoms with Crippen LogP contribution < -0.4 is 11.5 Å². The van der Waals surface area contributed by atoms with Crippen molar-refractivity contribution in [1.29, 1.82) is 5.26 Å². The first kappa shape index (κ1) is 21.6. The van der Waals surface area contributed by atoms with Gasteiger partial charge in [-0.25, -0.2) is 9.37 Å². The number of aromatic nitrogens is 3. The topological polar surface area (TPSA) is 141 Å². The van der Waals surface area contributed by atoms with Crippen LogP contribution in [-0.4, -0.2) is 26.6 Å². The minimum absolute atomic E-state index is 0.0725. The Hall–Kier alpha value is -4.58. The summed E-state index contributed by atoms with van der Waals surface area (Å²) in [4.78, 5) is 29.3. The lowest BCUT2D eigenvalue weighted by Crippen LogP contribution is -2.21. The lowest BCUT2D eigenvalue weighted by molar-refractivity contribution is 0.0996. The van der Waals surface area contributed by atoms with Gasteiger partial charge in [-0.3, -0.25) is 14.3 Å². The molecule has 9 heteroatoms. The van der Waals surface area contributed by atoms with Crippen LogP contribution in [0.25, 0.3) is 22.0 Å². The van der Waals surface area contributed by atoms with E-state index in [0.717, 1.165) is 6.07 Å². The average molecular weight is 442 g/mol. The molecule has 0 spiro atoms. The molecule has 4 rings (SSSR count). The summed E-state index contributed by atoms with van der Waals surface area (Å²) in [5, 5.41) is 13.9. The lowest BCUT2D eigenvalue weighted by Gasteiger charge is -2.15. The standard InChI is InChI=1S/C24H19FN6O2/c1-12-19(13(2)31(30-12)11-15-8-7-14(10-26)9-17(15)25)21-20(23(27)32)16-5-3-4-6-18(16)29-22(21)24(28)33/h3-9H,11H2,1-2H3,(H2,27,32)(H2,28,33). The third kappa shape index (κ3) is 3.68. The highest BCUT2D eigenvalue weighted by Gasteiger charge is 2.27. The molecular formula is C24H19FN6O2. The summed E-state index contributed by atoms with van der Waals surface area (Å²) in [6.07, 6.45) is 0. The minimum Gasteiger partial charge on any atom is -0.366 e. The number of nitriles is 1. The summed E-state index contributed by atoms with van der Waals surface area (Å²) < 4.78 is 16.0. The second kappa shape index (κ2) is 8.16. The van der Waals surface area contributed by atoms with E-state index in [2.05, 4.69) is 10.1 Å². The number of primary amides is 2. The molecule has 0 bridgehead atoms. The molecule has 2 heterocycles. The monoisotopic (exact) mass is 442 g/mol. The number of amides is 2. The van der Waals surface area contributed by atoms with E-state index in [9.17, 15) is 14.0 Å². The van der Waals surface area contributed by atoms with Crippen LogP contribution in [0.1, 0.15) is 43.4 Å². The Balaban J connectivity index is 1.96. The Labute approximate surface area is 188 Å². The van der Waals surface area contributed by atoms with Crippen molar-refractivity contribution in [3.8, 4) is 17.2 Å². The van der Waals surface area contributed by atoms with E-state index in [1.807, 2.05) is 6.07 Å². The number of pyridine rings is 1. The van der Waals surface area contributed by atoms with Gasteiger partial charge in [-0.15, -0.1) is 0 Å². The highest BCUT2D eigenvalue weighted by molar-refractivity contribution is 6.15. The molecule has 0 aliphatic rings. The van der Waals surface area contributed by atoms with Crippen molar-refractivity contribution in [2.24, 2.45) is 11.5 Å². The summed E-state index contributed by atoms with van der Waals surface area (Å²) in [6, 6.07) is 12.9. The Kier molecular flexibility index (Phi) is 5.35. The fourth-order valence-corrected chi connectivity index (χ4v) is 4.01. The van der Waals surface area contributed by atoms with Crippen molar-refractivity contribution in [3.63, 3.8) is 0 Å². The summed E-state index contributed by atoms with van der Waals surface area (Å²) in [5.74, 6) is -2.09. The van der Waals surface area contributed by atoms with Gasteiger partial charge < -0.3 is 11.5 Å². The Bertz CT molecular complexity index is 1500. The molecule has 8 nitrogen and oxygen atoms in total. The number of nitrogens with zero attached hydrogens (tertiary/aromatic N) is 4. The van der Waals surface area contributed by atoms with E-state index in [1.165, 1.54) is 12.1 Å². The quantitative estimate of drug-likeness (QED) is 0.489. The average Bonchev–Trinajstić information content (AvgIpc) is 3.05. The van der Waals surface area contributed by atoms with Crippen LogP contribution in [0.15, 0.2) is 42.5 Å². The largest absolute Gasteiger partial charge is 0.366 e. The molecule has 0 saturated heterocycles. The molecule has 0 unspecified atom stereocenters. The van der Waals surface area contributed by atoms with Crippen LogP contribution in [-0.2, 0) is 6.54 Å². The van der Waals surface area contributed by atoms with E-state index >= 15 is 0 Å². The number of halogens is 1. The molecule has 0 aliphatic carbocycles. The molecule has 0 saturated carbocycles. The zero-order valence-corrected chi connectivity index (χ0v) is 17.9. The van der Waals surface area contributed by atoms with Crippen LogP contribution in [0.5, 0.6) is 0 Å². The zero-order valence-electron chi connectivity index (χ0n) is 17.9. The Morgan fingerprint density at radius 3 is 2.45 bits per heavy atom. The number of rotatable bonds is 5. The van der Waals surface area contributed by atoms with Crippen LogP contribution in [0.3, 0.4) is 0 Å². The third-order valence-electron chi connectivity index (χ3n) is 5.51. The fourth-order valence-electron chi connectivity index (χ4n) is 4.01. The molecule has 0 aliphatic heterocycles. The maximum Gasteiger partial charge on any atom is 0.267 e. The smallest absolute Gasteiger partial charge is 0.267 e. The van der Waals surface area contributed by atoms with Gasteiger partial charge in [0.2, 0.25) is 5.91 Å². The van der Waals surface area contributed by atoms with Gasteiger partial charge in [0, 0.05) is 27.8 Å². The number of aryl methyl sites for hydroxylation is 1. The predicted molar refractivity (Wildman–Crippen MR) is 120 cm³/mol. The number of hydrogen-bond donors (Lipinski definition) is 2. The highest BCUT2D eigenvalue weighted by Crippen LogP contribution is 2.36. The molecular weight excluding hydrogens is 423 g/mol. The van der Waals surface area contributed by atoms with E-state index in [-0.39, 0.29) is 28.9 Å². The van der Waals surface area contributed by atoms with Gasteiger partial charge in [0.15, 0.2) is 0 Å². The first-order valence-electron chi connectivity index (χ1n) is 9.98. The van der Waals surface area contributed by atoms with Crippen LogP contribution >= 0.6 is 0 Å². The van der Waals surface area contributed by atoms with Crippen LogP contribution in [0.4, 0.5) is 4.39 Å². The molecule has 4 N–H and O–H groups in total. The molecule has 2 amide bonds. The van der Waals surface area contributed by atoms with Crippen molar-refractivity contribution < 1.29 is 14.0 Å². The summed E-state index contributed by atoms with van der Waals surface area (Å²) in [6.45, 7) is 3.52. The molecule has 0 fully saturated rings. The molecule has 33 heavy (non-hydrogen) atoms. The van der Waals surface area contributed by atoms with Gasteiger partial charge in [-0.05, 0) is 32.0 Å². The number of benzene rings is 2.